The van der Waals surface area contributed by atoms with Crippen LogP contribution in [0.5, 0.6) is 0 Å². The van der Waals surface area contributed by atoms with Gasteiger partial charge in [0.05, 0.1) is 0 Å². The Hall–Kier alpha value is -1.34. The number of aryl methyl sites for hydroxylation is 1. The number of likely N-dealkylation sites (N-methyl/N-ethyl adjacent to an activating group) is 1. The fraction of sp³-hybridized carbons (Fsp3) is 0.538. The first-order valence-electron chi connectivity index (χ1n) is 6.46. The lowest BCUT2D eigenvalue weighted by molar-refractivity contribution is -0.134. The molecular formula is C13H19BrN4O2. The first-order valence-corrected chi connectivity index (χ1v) is 7.26. The Balaban J connectivity index is 2.26. The minimum absolute atomic E-state index is 0.0566. The third-order valence-corrected chi connectivity index (χ3v) is 3.85. The minimum Gasteiger partial charge on any atom is -0.347 e. The average molecular weight is 343 g/mol. The average Bonchev–Trinajstić information content (AvgIpc) is 2.76. The zero-order chi connectivity index (χ0) is 14.9. The molecule has 20 heavy (non-hydrogen) atoms. The van der Waals surface area contributed by atoms with Gasteiger partial charge in [0.2, 0.25) is 5.91 Å². The van der Waals surface area contributed by atoms with E-state index in [1.165, 1.54) is 4.90 Å². The van der Waals surface area contributed by atoms with Crippen LogP contribution in [0.1, 0.15) is 10.5 Å². The van der Waals surface area contributed by atoms with E-state index in [1.54, 1.807) is 29.6 Å². The normalized spacial score (nSPS) is 19.0. The highest BCUT2D eigenvalue weighted by molar-refractivity contribution is 9.10. The smallest absolute Gasteiger partial charge is 0.271 e. The molecule has 2 heterocycles. The molecule has 110 valence electrons. The number of rotatable bonds is 2. The summed E-state index contributed by atoms with van der Waals surface area (Å²) in [6.07, 6.45) is 1.83. The molecule has 1 unspecified atom stereocenters. The summed E-state index contributed by atoms with van der Waals surface area (Å²) >= 11 is 3.36. The summed E-state index contributed by atoms with van der Waals surface area (Å²) in [5, 5.41) is 3.17. The SMILES string of the molecule is CN(C)C(=O)C1CNCCN1C(=O)c1cc(Br)cn1C. The highest BCUT2D eigenvalue weighted by atomic mass is 79.9. The van der Waals surface area contributed by atoms with Gasteiger partial charge < -0.3 is 19.7 Å². The van der Waals surface area contributed by atoms with Crippen molar-refractivity contribution >= 4 is 27.7 Å². The number of carbonyl (C=O) groups is 2. The number of halogens is 1. The fourth-order valence-electron chi connectivity index (χ4n) is 2.35. The van der Waals surface area contributed by atoms with Crippen molar-refractivity contribution in [3.8, 4) is 0 Å². The molecule has 1 fully saturated rings. The summed E-state index contributed by atoms with van der Waals surface area (Å²) in [6.45, 7) is 1.73. The third kappa shape index (κ3) is 2.88. The number of carbonyl (C=O) groups excluding carboxylic acids is 2. The third-order valence-electron chi connectivity index (χ3n) is 3.42. The van der Waals surface area contributed by atoms with E-state index in [0.29, 0.717) is 25.3 Å². The monoisotopic (exact) mass is 342 g/mol. The molecule has 1 saturated heterocycles. The van der Waals surface area contributed by atoms with Crippen molar-refractivity contribution in [3.63, 3.8) is 0 Å². The Morgan fingerprint density at radius 2 is 2.15 bits per heavy atom. The molecular weight excluding hydrogens is 324 g/mol. The van der Waals surface area contributed by atoms with Crippen molar-refractivity contribution in [2.45, 2.75) is 6.04 Å². The lowest BCUT2D eigenvalue weighted by Crippen LogP contribution is -2.59. The van der Waals surface area contributed by atoms with Gasteiger partial charge in [-0.05, 0) is 22.0 Å². The molecule has 2 rings (SSSR count). The Morgan fingerprint density at radius 3 is 2.70 bits per heavy atom. The van der Waals surface area contributed by atoms with Gasteiger partial charge in [-0.25, -0.2) is 0 Å². The second-order valence-electron chi connectivity index (χ2n) is 5.11. The lowest BCUT2D eigenvalue weighted by atomic mass is 10.1. The molecule has 1 aliphatic heterocycles. The summed E-state index contributed by atoms with van der Waals surface area (Å²) in [7, 11) is 5.24. The first-order chi connectivity index (χ1) is 9.41. The molecule has 1 atom stereocenters. The van der Waals surface area contributed by atoms with Crippen LogP contribution in [0.3, 0.4) is 0 Å². The van der Waals surface area contributed by atoms with Crippen LogP contribution in [0.25, 0.3) is 0 Å². The van der Waals surface area contributed by atoms with Crippen molar-refractivity contribution in [2.75, 3.05) is 33.7 Å². The summed E-state index contributed by atoms with van der Waals surface area (Å²) < 4.78 is 2.63. The van der Waals surface area contributed by atoms with Crippen molar-refractivity contribution in [3.05, 3.63) is 22.4 Å². The molecule has 6 nitrogen and oxygen atoms in total. The maximum absolute atomic E-state index is 12.7. The van der Waals surface area contributed by atoms with Crippen LogP contribution in [0.2, 0.25) is 0 Å². The predicted octanol–water partition coefficient (Wildman–Crippen LogP) is 0.290. The molecule has 0 radical (unpaired) electrons. The van der Waals surface area contributed by atoms with Crippen molar-refractivity contribution in [1.29, 1.82) is 0 Å². The second kappa shape index (κ2) is 5.97. The van der Waals surface area contributed by atoms with Crippen molar-refractivity contribution in [2.24, 2.45) is 7.05 Å². The summed E-state index contributed by atoms with van der Waals surface area (Å²) in [4.78, 5) is 28.0. The Bertz CT molecular complexity index is 526. The topological polar surface area (TPSA) is 57.6 Å². The van der Waals surface area contributed by atoms with Gasteiger partial charge in [0.15, 0.2) is 0 Å². The molecule has 1 N–H and O–H groups in total. The molecule has 0 aliphatic carbocycles. The molecule has 0 saturated carbocycles. The quantitative estimate of drug-likeness (QED) is 0.840. The largest absolute Gasteiger partial charge is 0.347 e. The van der Waals surface area contributed by atoms with E-state index in [0.717, 1.165) is 4.47 Å². The number of piperazine rings is 1. The van der Waals surface area contributed by atoms with E-state index in [1.807, 2.05) is 13.2 Å². The number of hydrogen-bond donors (Lipinski definition) is 1. The van der Waals surface area contributed by atoms with Crippen LogP contribution in [-0.4, -0.2) is 66.0 Å². The predicted molar refractivity (Wildman–Crippen MR) is 79.5 cm³/mol. The standard InChI is InChI=1S/C13H19BrN4O2/c1-16(2)12(19)11-7-15-4-5-18(11)13(20)10-6-9(14)8-17(10)3/h6,8,11,15H,4-5,7H2,1-3H3. The van der Waals surface area contributed by atoms with Crippen LogP contribution < -0.4 is 5.32 Å². The van der Waals surface area contributed by atoms with Gasteiger partial charge in [-0.3, -0.25) is 9.59 Å². The summed E-state index contributed by atoms with van der Waals surface area (Å²) in [5.74, 6) is -0.168. The fourth-order valence-corrected chi connectivity index (χ4v) is 2.87. The van der Waals surface area contributed by atoms with Crippen molar-refractivity contribution < 1.29 is 9.59 Å². The van der Waals surface area contributed by atoms with Gasteiger partial charge in [0.25, 0.3) is 5.91 Å². The summed E-state index contributed by atoms with van der Waals surface area (Å²) in [5.41, 5.74) is 0.579. The maximum Gasteiger partial charge on any atom is 0.271 e. The zero-order valence-electron chi connectivity index (χ0n) is 11.9. The van der Waals surface area contributed by atoms with Crippen LogP contribution in [0, 0.1) is 0 Å². The Morgan fingerprint density at radius 1 is 1.45 bits per heavy atom. The summed E-state index contributed by atoms with van der Waals surface area (Å²) in [6, 6.07) is 1.33. The van der Waals surface area contributed by atoms with E-state index in [2.05, 4.69) is 21.2 Å². The Labute approximate surface area is 126 Å². The number of amides is 2. The van der Waals surface area contributed by atoms with E-state index < -0.39 is 6.04 Å². The highest BCUT2D eigenvalue weighted by Crippen LogP contribution is 2.17. The van der Waals surface area contributed by atoms with Crippen molar-refractivity contribution in [1.82, 2.24) is 19.7 Å². The lowest BCUT2D eigenvalue weighted by Gasteiger charge is -2.36. The van der Waals surface area contributed by atoms with Gasteiger partial charge in [-0.2, -0.15) is 0 Å². The van der Waals surface area contributed by atoms with Gasteiger partial charge in [-0.1, -0.05) is 0 Å². The Kier molecular flexibility index (Phi) is 4.49. The minimum atomic E-state index is -0.445. The zero-order valence-corrected chi connectivity index (χ0v) is 13.5. The van der Waals surface area contributed by atoms with Crippen LogP contribution in [-0.2, 0) is 11.8 Å². The number of hydrogen-bond acceptors (Lipinski definition) is 3. The molecule has 1 aliphatic rings. The van der Waals surface area contributed by atoms with Gasteiger partial charge >= 0.3 is 0 Å². The van der Waals surface area contributed by atoms with E-state index in [-0.39, 0.29) is 11.8 Å². The number of nitrogens with zero attached hydrogens (tertiary/aromatic N) is 3. The molecule has 0 aromatic carbocycles. The van der Waals surface area contributed by atoms with E-state index in [9.17, 15) is 9.59 Å². The first kappa shape index (κ1) is 15.1. The molecule has 7 heteroatoms. The van der Waals surface area contributed by atoms with Crippen LogP contribution in [0.4, 0.5) is 0 Å². The van der Waals surface area contributed by atoms with E-state index in [4.69, 9.17) is 0 Å². The second-order valence-corrected chi connectivity index (χ2v) is 6.02. The maximum atomic E-state index is 12.7. The molecule has 2 amide bonds. The van der Waals surface area contributed by atoms with Gasteiger partial charge in [0.1, 0.15) is 11.7 Å². The number of nitrogens with one attached hydrogen (secondary N) is 1. The van der Waals surface area contributed by atoms with Crippen LogP contribution >= 0.6 is 15.9 Å². The highest BCUT2D eigenvalue weighted by Gasteiger charge is 2.34. The molecule has 1 aromatic heterocycles. The van der Waals surface area contributed by atoms with Gasteiger partial charge in [0, 0.05) is 51.4 Å². The molecule has 1 aromatic rings. The van der Waals surface area contributed by atoms with Crippen LogP contribution in [0.15, 0.2) is 16.7 Å². The number of aromatic nitrogens is 1. The molecule has 0 spiro atoms. The van der Waals surface area contributed by atoms with Gasteiger partial charge in [-0.15, -0.1) is 0 Å². The van der Waals surface area contributed by atoms with E-state index >= 15 is 0 Å². The molecule has 0 bridgehead atoms.